The maximum atomic E-state index is 9.52. The van der Waals surface area contributed by atoms with Gasteiger partial charge >= 0.3 is 0 Å². The Balaban J connectivity index is 2.19. The third-order valence-corrected chi connectivity index (χ3v) is 3.86. The summed E-state index contributed by atoms with van der Waals surface area (Å²) in [6, 6.07) is 8.06. The molecule has 4 nitrogen and oxygen atoms in total. The predicted octanol–water partition coefficient (Wildman–Crippen LogP) is 2.80. The third kappa shape index (κ3) is 3.43. The van der Waals surface area contributed by atoms with E-state index >= 15 is 0 Å². The summed E-state index contributed by atoms with van der Waals surface area (Å²) in [6.45, 7) is 2.94. The summed E-state index contributed by atoms with van der Waals surface area (Å²) in [5.41, 5.74) is 0.917. The van der Waals surface area contributed by atoms with Crippen LogP contribution in [0.1, 0.15) is 30.7 Å². The Morgan fingerprint density at radius 2 is 1.95 bits per heavy atom. The Hall–Kier alpha value is -1.73. The lowest BCUT2D eigenvalue weighted by Crippen LogP contribution is -2.33. The van der Waals surface area contributed by atoms with Crippen molar-refractivity contribution in [1.82, 2.24) is 4.90 Å². The van der Waals surface area contributed by atoms with Gasteiger partial charge in [0, 0.05) is 12.1 Å². The van der Waals surface area contributed by atoms with Crippen LogP contribution in [0.15, 0.2) is 18.2 Å². The highest BCUT2D eigenvalue weighted by atomic mass is 16.5. The monoisotopic (exact) mass is 274 g/mol. The van der Waals surface area contributed by atoms with E-state index in [1.807, 2.05) is 18.2 Å². The van der Waals surface area contributed by atoms with Gasteiger partial charge in [0.2, 0.25) is 0 Å². The molecule has 1 heterocycles. The van der Waals surface area contributed by atoms with Gasteiger partial charge in [-0.05, 0) is 44.1 Å². The number of hydrogen-bond acceptors (Lipinski definition) is 4. The third-order valence-electron chi connectivity index (χ3n) is 3.86. The molecule has 0 bridgehead atoms. The molecule has 1 aromatic carbocycles. The van der Waals surface area contributed by atoms with Crippen LogP contribution in [0.5, 0.6) is 11.5 Å². The number of hydrogen-bond donors (Lipinski definition) is 0. The van der Waals surface area contributed by atoms with E-state index in [0.717, 1.165) is 36.7 Å². The molecule has 1 fully saturated rings. The Kier molecular flexibility index (Phi) is 5.25. The first kappa shape index (κ1) is 14.7. The molecule has 0 spiro atoms. The van der Waals surface area contributed by atoms with Crippen molar-refractivity contribution in [3.8, 4) is 17.6 Å². The van der Waals surface area contributed by atoms with E-state index < -0.39 is 0 Å². The molecular weight excluding hydrogens is 252 g/mol. The Morgan fingerprint density at radius 3 is 2.55 bits per heavy atom. The first-order valence-electron chi connectivity index (χ1n) is 7.12. The number of rotatable bonds is 5. The van der Waals surface area contributed by atoms with Crippen LogP contribution in [-0.4, -0.2) is 38.8 Å². The quantitative estimate of drug-likeness (QED) is 0.828. The van der Waals surface area contributed by atoms with E-state index in [0.29, 0.717) is 0 Å². The van der Waals surface area contributed by atoms with Crippen molar-refractivity contribution in [3.05, 3.63) is 23.8 Å². The predicted molar refractivity (Wildman–Crippen MR) is 78.2 cm³/mol. The van der Waals surface area contributed by atoms with E-state index in [1.54, 1.807) is 14.2 Å². The lowest BCUT2D eigenvalue weighted by Gasteiger charge is -2.28. The molecule has 1 atom stereocenters. The molecule has 0 amide bonds. The van der Waals surface area contributed by atoms with Crippen molar-refractivity contribution in [3.63, 3.8) is 0 Å². The molecule has 20 heavy (non-hydrogen) atoms. The Bertz CT molecular complexity index is 476. The number of nitrogens with zero attached hydrogens (tertiary/aromatic N) is 2. The van der Waals surface area contributed by atoms with Crippen LogP contribution in [0.4, 0.5) is 0 Å². The Labute approximate surface area is 120 Å². The summed E-state index contributed by atoms with van der Waals surface area (Å²) in [5.74, 6) is 1.34. The zero-order chi connectivity index (χ0) is 14.4. The first-order valence-corrected chi connectivity index (χ1v) is 7.12. The number of benzene rings is 1. The maximum absolute atomic E-state index is 9.52. The van der Waals surface area contributed by atoms with E-state index in [4.69, 9.17) is 9.47 Å². The zero-order valence-corrected chi connectivity index (χ0v) is 12.3. The fraction of sp³-hybridized carbons (Fsp3) is 0.562. The molecule has 1 aliphatic heterocycles. The highest BCUT2D eigenvalue weighted by Gasteiger charge is 2.21. The number of piperidine rings is 1. The summed E-state index contributed by atoms with van der Waals surface area (Å²) in [5, 5.41) is 9.52. The number of nitriles is 1. The molecule has 0 aliphatic carbocycles. The summed E-state index contributed by atoms with van der Waals surface area (Å²) < 4.78 is 10.7. The van der Waals surface area contributed by atoms with Crippen LogP contribution in [0.3, 0.4) is 0 Å². The molecule has 1 unspecified atom stereocenters. The van der Waals surface area contributed by atoms with Gasteiger partial charge in [0.05, 0.1) is 26.2 Å². The standard InChI is InChI=1S/C16H22N2O2/c1-19-14-6-7-16(20-2)15(10-14)13(11-17)12-18-8-4-3-5-9-18/h6-7,10,13H,3-5,8-9,12H2,1-2H3. The van der Waals surface area contributed by atoms with Gasteiger partial charge in [0.1, 0.15) is 11.5 Å². The second-order valence-corrected chi connectivity index (χ2v) is 5.15. The van der Waals surface area contributed by atoms with Gasteiger partial charge in [0.25, 0.3) is 0 Å². The topological polar surface area (TPSA) is 45.5 Å². The summed E-state index contributed by atoms with van der Waals surface area (Å²) >= 11 is 0. The normalized spacial score (nSPS) is 17.2. The minimum absolute atomic E-state index is 0.182. The summed E-state index contributed by atoms with van der Waals surface area (Å²) in [6.07, 6.45) is 3.76. The average Bonchev–Trinajstić information content (AvgIpc) is 2.53. The highest BCUT2D eigenvalue weighted by Crippen LogP contribution is 2.31. The van der Waals surface area contributed by atoms with Crippen molar-refractivity contribution < 1.29 is 9.47 Å². The fourth-order valence-electron chi connectivity index (χ4n) is 2.72. The first-order chi connectivity index (χ1) is 9.78. The minimum atomic E-state index is -0.182. The Morgan fingerprint density at radius 1 is 1.20 bits per heavy atom. The van der Waals surface area contributed by atoms with E-state index in [-0.39, 0.29) is 5.92 Å². The van der Waals surface area contributed by atoms with Crippen molar-refractivity contribution >= 4 is 0 Å². The second kappa shape index (κ2) is 7.16. The average molecular weight is 274 g/mol. The van der Waals surface area contributed by atoms with Crippen LogP contribution >= 0.6 is 0 Å². The molecule has 1 saturated heterocycles. The van der Waals surface area contributed by atoms with Gasteiger partial charge < -0.3 is 14.4 Å². The molecular formula is C16H22N2O2. The van der Waals surface area contributed by atoms with Crippen LogP contribution in [0.2, 0.25) is 0 Å². The van der Waals surface area contributed by atoms with Crippen LogP contribution in [0.25, 0.3) is 0 Å². The number of likely N-dealkylation sites (tertiary alicyclic amines) is 1. The number of ether oxygens (including phenoxy) is 2. The lowest BCUT2D eigenvalue weighted by atomic mass is 9.97. The van der Waals surface area contributed by atoms with Gasteiger partial charge in [0.15, 0.2) is 0 Å². The van der Waals surface area contributed by atoms with Gasteiger partial charge in [-0.25, -0.2) is 0 Å². The minimum Gasteiger partial charge on any atom is -0.497 e. The molecule has 2 rings (SSSR count). The molecule has 0 radical (unpaired) electrons. The molecule has 4 heteroatoms. The molecule has 0 aromatic heterocycles. The van der Waals surface area contributed by atoms with Gasteiger partial charge in [-0.2, -0.15) is 5.26 Å². The largest absolute Gasteiger partial charge is 0.497 e. The summed E-state index contributed by atoms with van der Waals surface area (Å²) in [4.78, 5) is 2.37. The van der Waals surface area contributed by atoms with Gasteiger partial charge in [-0.3, -0.25) is 0 Å². The van der Waals surface area contributed by atoms with E-state index in [9.17, 15) is 5.26 Å². The molecule has 0 saturated carbocycles. The maximum Gasteiger partial charge on any atom is 0.123 e. The van der Waals surface area contributed by atoms with Crippen molar-refractivity contribution in [2.75, 3.05) is 33.9 Å². The van der Waals surface area contributed by atoms with Crippen molar-refractivity contribution in [2.24, 2.45) is 0 Å². The highest BCUT2D eigenvalue weighted by molar-refractivity contribution is 5.44. The molecule has 108 valence electrons. The van der Waals surface area contributed by atoms with E-state index in [2.05, 4.69) is 11.0 Å². The molecule has 1 aliphatic rings. The molecule has 1 aromatic rings. The van der Waals surface area contributed by atoms with E-state index in [1.165, 1.54) is 19.3 Å². The lowest BCUT2D eigenvalue weighted by molar-refractivity contribution is 0.224. The second-order valence-electron chi connectivity index (χ2n) is 5.15. The number of methoxy groups -OCH3 is 2. The smallest absolute Gasteiger partial charge is 0.123 e. The fourth-order valence-corrected chi connectivity index (χ4v) is 2.72. The van der Waals surface area contributed by atoms with Crippen LogP contribution in [0, 0.1) is 11.3 Å². The zero-order valence-electron chi connectivity index (χ0n) is 12.3. The SMILES string of the molecule is COc1ccc(OC)c(C(C#N)CN2CCCCC2)c1. The van der Waals surface area contributed by atoms with Crippen molar-refractivity contribution in [2.45, 2.75) is 25.2 Å². The summed E-state index contributed by atoms with van der Waals surface area (Å²) in [7, 11) is 3.28. The van der Waals surface area contributed by atoms with Gasteiger partial charge in [-0.15, -0.1) is 0 Å². The van der Waals surface area contributed by atoms with Crippen molar-refractivity contribution in [1.29, 1.82) is 5.26 Å². The molecule has 0 N–H and O–H groups in total. The van der Waals surface area contributed by atoms with Crippen LogP contribution < -0.4 is 9.47 Å². The van der Waals surface area contributed by atoms with Gasteiger partial charge in [-0.1, -0.05) is 6.42 Å². The van der Waals surface area contributed by atoms with Crippen LogP contribution in [-0.2, 0) is 0 Å².